The van der Waals surface area contributed by atoms with Crippen molar-refractivity contribution >= 4 is 29.5 Å². The monoisotopic (exact) mass is 438 g/mol. The minimum Gasteiger partial charge on any atom is -0.468 e. The summed E-state index contributed by atoms with van der Waals surface area (Å²) in [6.45, 7) is 9.53. The van der Waals surface area contributed by atoms with Crippen LogP contribution in [0, 0.1) is 0 Å². The maximum absolute atomic E-state index is 12.5. The van der Waals surface area contributed by atoms with Gasteiger partial charge in [0.05, 0.1) is 13.2 Å². The molecule has 3 amide bonds. The summed E-state index contributed by atoms with van der Waals surface area (Å²) in [5.74, 6) is -0.734. The molecule has 1 aromatic carbocycles. The van der Waals surface area contributed by atoms with Crippen LogP contribution in [-0.2, 0) is 14.3 Å². The summed E-state index contributed by atoms with van der Waals surface area (Å²) in [7, 11) is 1.36. The van der Waals surface area contributed by atoms with E-state index in [0.717, 1.165) is 0 Å². The predicted molar refractivity (Wildman–Crippen MR) is 115 cm³/mol. The summed E-state index contributed by atoms with van der Waals surface area (Å²) in [5.41, 5.74) is 0.269. The molecule has 30 heavy (non-hydrogen) atoms. The molecule has 1 saturated heterocycles. The minimum atomic E-state index is -0.604. The molecule has 0 aromatic heterocycles. The van der Waals surface area contributed by atoms with Crippen LogP contribution >= 0.6 is 11.6 Å². The SMILES string of the molecule is COC(=O)C(c1ccccc1Cl)N1CCN(C(C)C(=O)NC(=O)NC(C)(C)C)CC1. The highest BCUT2D eigenvalue weighted by Gasteiger charge is 2.34. The Bertz CT molecular complexity index is 773. The fraction of sp³-hybridized carbons (Fsp3) is 0.571. The highest BCUT2D eigenvalue weighted by Crippen LogP contribution is 2.29. The summed E-state index contributed by atoms with van der Waals surface area (Å²) in [4.78, 5) is 40.9. The lowest BCUT2D eigenvalue weighted by Crippen LogP contribution is -2.57. The van der Waals surface area contributed by atoms with Gasteiger partial charge in [0.1, 0.15) is 6.04 Å². The number of halogens is 1. The molecule has 8 nitrogen and oxygen atoms in total. The van der Waals surface area contributed by atoms with Crippen LogP contribution in [0.25, 0.3) is 0 Å². The number of nitrogens with one attached hydrogen (secondary N) is 2. The normalized spacial score (nSPS) is 17.7. The Morgan fingerprint density at radius 3 is 2.17 bits per heavy atom. The molecule has 1 fully saturated rings. The second kappa shape index (κ2) is 10.2. The Hall–Kier alpha value is -2.16. The van der Waals surface area contributed by atoms with Gasteiger partial charge < -0.3 is 10.1 Å². The van der Waals surface area contributed by atoms with Gasteiger partial charge in [-0.3, -0.25) is 19.9 Å². The van der Waals surface area contributed by atoms with Crippen LogP contribution in [0.4, 0.5) is 4.79 Å². The van der Waals surface area contributed by atoms with Gasteiger partial charge in [-0.2, -0.15) is 0 Å². The van der Waals surface area contributed by atoms with E-state index in [9.17, 15) is 14.4 Å². The predicted octanol–water partition coefficient (Wildman–Crippen LogP) is 2.18. The van der Waals surface area contributed by atoms with E-state index in [1.165, 1.54) is 7.11 Å². The molecule has 0 spiro atoms. The average Bonchev–Trinajstić information content (AvgIpc) is 2.67. The number of nitrogens with zero attached hydrogens (tertiary/aromatic N) is 2. The topological polar surface area (TPSA) is 91.0 Å². The quantitative estimate of drug-likeness (QED) is 0.685. The van der Waals surface area contributed by atoms with Crippen LogP contribution in [-0.4, -0.2) is 72.6 Å². The molecule has 2 atom stereocenters. The summed E-state index contributed by atoms with van der Waals surface area (Å²) in [5, 5.41) is 5.61. The molecule has 9 heteroatoms. The van der Waals surface area contributed by atoms with E-state index < -0.39 is 23.7 Å². The van der Waals surface area contributed by atoms with Crippen molar-refractivity contribution in [3.8, 4) is 0 Å². The molecule has 0 saturated carbocycles. The number of hydrogen-bond donors (Lipinski definition) is 2. The van der Waals surface area contributed by atoms with Gasteiger partial charge in [0.25, 0.3) is 0 Å². The molecular formula is C21H31ClN4O4. The van der Waals surface area contributed by atoms with Crippen LogP contribution in [0.3, 0.4) is 0 Å². The van der Waals surface area contributed by atoms with Crippen molar-refractivity contribution < 1.29 is 19.1 Å². The number of carbonyl (C=O) groups is 3. The van der Waals surface area contributed by atoms with Crippen molar-refractivity contribution in [2.24, 2.45) is 0 Å². The summed E-state index contributed by atoms with van der Waals surface area (Å²) < 4.78 is 5.01. The van der Waals surface area contributed by atoms with Crippen molar-refractivity contribution in [3.63, 3.8) is 0 Å². The highest BCUT2D eigenvalue weighted by molar-refractivity contribution is 6.31. The third-order valence-electron chi connectivity index (χ3n) is 4.99. The number of carbonyl (C=O) groups excluding carboxylic acids is 3. The van der Waals surface area contributed by atoms with E-state index in [2.05, 4.69) is 10.6 Å². The Balaban J connectivity index is 2.00. The summed E-state index contributed by atoms with van der Waals surface area (Å²) >= 11 is 6.32. The zero-order chi connectivity index (χ0) is 22.5. The van der Waals surface area contributed by atoms with Crippen molar-refractivity contribution in [2.45, 2.75) is 45.3 Å². The lowest BCUT2D eigenvalue weighted by atomic mass is 10.0. The molecule has 2 rings (SSSR count). The molecule has 166 valence electrons. The maximum atomic E-state index is 12.5. The van der Waals surface area contributed by atoms with Crippen LogP contribution in [0.15, 0.2) is 24.3 Å². The van der Waals surface area contributed by atoms with E-state index in [4.69, 9.17) is 16.3 Å². The first-order valence-electron chi connectivity index (χ1n) is 9.97. The van der Waals surface area contributed by atoms with Gasteiger partial charge in [-0.1, -0.05) is 29.8 Å². The Kier molecular flexibility index (Phi) is 8.23. The number of methoxy groups -OCH3 is 1. The number of piperazine rings is 1. The van der Waals surface area contributed by atoms with Crippen LogP contribution in [0.5, 0.6) is 0 Å². The smallest absolute Gasteiger partial charge is 0.327 e. The van der Waals surface area contributed by atoms with E-state index in [-0.39, 0.29) is 11.9 Å². The zero-order valence-electron chi connectivity index (χ0n) is 18.2. The van der Waals surface area contributed by atoms with Gasteiger partial charge in [0, 0.05) is 36.7 Å². The Morgan fingerprint density at radius 1 is 1.07 bits per heavy atom. The van der Waals surface area contributed by atoms with E-state index in [1.54, 1.807) is 13.0 Å². The van der Waals surface area contributed by atoms with Gasteiger partial charge in [-0.05, 0) is 39.3 Å². The first kappa shape index (κ1) is 24.1. The van der Waals surface area contributed by atoms with Crippen LogP contribution in [0.1, 0.15) is 39.3 Å². The van der Waals surface area contributed by atoms with Crippen molar-refractivity contribution in [1.29, 1.82) is 0 Å². The molecular weight excluding hydrogens is 408 g/mol. The third kappa shape index (κ3) is 6.42. The van der Waals surface area contributed by atoms with Gasteiger partial charge in [0.2, 0.25) is 5.91 Å². The molecule has 1 heterocycles. The minimum absolute atomic E-state index is 0.360. The lowest BCUT2D eigenvalue weighted by Gasteiger charge is -2.40. The van der Waals surface area contributed by atoms with Gasteiger partial charge in [-0.25, -0.2) is 9.59 Å². The standard InChI is InChI=1S/C21H31ClN4O4/c1-14(18(27)23-20(29)24-21(2,3)4)25-10-12-26(13-11-25)17(19(28)30-5)15-8-6-7-9-16(15)22/h6-9,14,17H,10-13H2,1-5H3,(H2,23,24,27,29). The summed E-state index contributed by atoms with van der Waals surface area (Å²) in [6.07, 6.45) is 0. The van der Waals surface area contributed by atoms with E-state index in [0.29, 0.717) is 36.8 Å². The van der Waals surface area contributed by atoms with Crippen molar-refractivity contribution in [2.75, 3.05) is 33.3 Å². The van der Waals surface area contributed by atoms with Gasteiger partial charge >= 0.3 is 12.0 Å². The third-order valence-corrected chi connectivity index (χ3v) is 5.33. The number of ether oxygens (including phenoxy) is 1. The second-order valence-electron chi connectivity index (χ2n) is 8.39. The number of esters is 1. The number of imide groups is 1. The Labute approximate surface area is 182 Å². The molecule has 1 aliphatic heterocycles. The average molecular weight is 439 g/mol. The van der Waals surface area contributed by atoms with Crippen LogP contribution < -0.4 is 10.6 Å². The Morgan fingerprint density at radius 2 is 1.63 bits per heavy atom. The number of urea groups is 1. The fourth-order valence-electron chi connectivity index (χ4n) is 3.42. The number of amides is 3. The maximum Gasteiger partial charge on any atom is 0.327 e. The molecule has 0 radical (unpaired) electrons. The van der Waals surface area contributed by atoms with Crippen molar-refractivity contribution in [3.05, 3.63) is 34.9 Å². The first-order chi connectivity index (χ1) is 14.0. The van der Waals surface area contributed by atoms with Gasteiger partial charge in [0.15, 0.2) is 0 Å². The largest absolute Gasteiger partial charge is 0.468 e. The first-order valence-corrected chi connectivity index (χ1v) is 10.3. The molecule has 0 aliphatic carbocycles. The molecule has 1 aromatic rings. The summed E-state index contributed by atoms with van der Waals surface area (Å²) in [6, 6.07) is 5.62. The van der Waals surface area contributed by atoms with E-state index >= 15 is 0 Å². The van der Waals surface area contributed by atoms with Crippen molar-refractivity contribution in [1.82, 2.24) is 20.4 Å². The molecule has 2 N–H and O–H groups in total. The number of rotatable bonds is 5. The number of benzene rings is 1. The molecule has 1 aliphatic rings. The van der Waals surface area contributed by atoms with Crippen LogP contribution in [0.2, 0.25) is 5.02 Å². The van der Waals surface area contributed by atoms with Gasteiger partial charge in [-0.15, -0.1) is 0 Å². The van der Waals surface area contributed by atoms with E-state index in [1.807, 2.05) is 48.8 Å². The second-order valence-corrected chi connectivity index (χ2v) is 8.80. The highest BCUT2D eigenvalue weighted by atomic mass is 35.5. The molecule has 2 unspecified atom stereocenters. The fourth-order valence-corrected chi connectivity index (χ4v) is 3.66. The zero-order valence-corrected chi connectivity index (χ0v) is 19.0. The molecule has 0 bridgehead atoms. The number of hydrogen-bond acceptors (Lipinski definition) is 6. The lowest BCUT2D eigenvalue weighted by molar-refractivity contribution is -0.148.